The molecule has 2 heterocycles. The average Bonchev–Trinajstić information content (AvgIpc) is 3.13. The number of likely N-dealkylation sites (tertiary alicyclic amines) is 2. The summed E-state index contributed by atoms with van der Waals surface area (Å²) < 4.78 is 0. The van der Waals surface area contributed by atoms with Crippen molar-refractivity contribution in [2.45, 2.75) is 19.3 Å². The second-order valence-corrected chi connectivity index (χ2v) is 7.70. The molecule has 1 spiro atoms. The normalized spacial score (nSPS) is 17.6. The Kier molecular flexibility index (Phi) is 4.84. The summed E-state index contributed by atoms with van der Waals surface area (Å²) in [6.07, 6.45) is 2.31. The molecule has 0 saturated carbocycles. The van der Waals surface area contributed by atoms with Crippen molar-refractivity contribution in [3.8, 4) is 0 Å². The van der Waals surface area contributed by atoms with Crippen molar-refractivity contribution in [2.24, 2.45) is 5.41 Å². The summed E-state index contributed by atoms with van der Waals surface area (Å²) in [6, 6.07) is 19.6. The molecule has 4 rings (SSSR count). The van der Waals surface area contributed by atoms with Gasteiger partial charge in [0.25, 0.3) is 0 Å². The van der Waals surface area contributed by atoms with E-state index in [1.807, 2.05) is 58.3 Å². The minimum absolute atomic E-state index is 0.0491. The van der Waals surface area contributed by atoms with Crippen LogP contribution in [0.2, 0.25) is 0 Å². The highest BCUT2D eigenvalue weighted by molar-refractivity contribution is 5.89. The van der Waals surface area contributed by atoms with Crippen molar-refractivity contribution in [2.75, 3.05) is 31.5 Å². The molecule has 2 aromatic rings. The van der Waals surface area contributed by atoms with Gasteiger partial charge in [-0.2, -0.15) is 0 Å². The first kappa shape index (κ1) is 17.6. The smallest absolute Gasteiger partial charge is 0.321 e. The molecule has 140 valence electrons. The number of benzene rings is 2. The van der Waals surface area contributed by atoms with Gasteiger partial charge in [-0.1, -0.05) is 48.5 Å². The van der Waals surface area contributed by atoms with Gasteiger partial charge in [0.05, 0.1) is 0 Å². The summed E-state index contributed by atoms with van der Waals surface area (Å²) in [5.41, 5.74) is 2.11. The Morgan fingerprint density at radius 1 is 0.889 bits per heavy atom. The predicted octanol–water partition coefficient (Wildman–Crippen LogP) is 3.39. The largest absolute Gasteiger partial charge is 0.341 e. The third-order valence-corrected chi connectivity index (χ3v) is 5.63. The molecule has 2 aliphatic rings. The molecular weight excluding hydrogens is 338 g/mol. The molecule has 5 heteroatoms. The first-order valence-electron chi connectivity index (χ1n) is 9.56. The van der Waals surface area contributed by atoms with Gasteiger partial charge in [-0.15, -0.1) is 0 Å². The zero-order chi connectivity index (χ0) is 18.7. The van der Waals surface area contributed by atoms with Crippen LogP contribution in [-0.4, -0.2) is 47.9 Å². The molecule has 2 aromatic carbocycles. The maximum absolute atomic E-state index is 12.5. The van der Waals surface area contributed by atoms with Crippen LogP contribution in [0.15, 0.2) is 60.7 Å². The number of rotatable bonds is 4. The van der Waals surface area contributed by atoms with Crippen LogP contribution in [0.1, 0.15) is 18.4 Å². The minimum Gasteiger partial charge on any atom is -0.341 e. The minimum atomic E-state index is -0.0491. The van der Waals surface area contributed by atoms with Gasteiger partial charge in [0, 0.05) is 43.7 Å². The number of aryl methyl sites for hydroxylation is 1. The van der Waals surface area contributed by atoms with Crippen LogP contribution < -0.4 is 5.32 Å². The molecule has 5 nitrogen and oxygen atoms in total. The van der Waals surface area contributed by atoms with E-state index in [-0.39, 0.29) is 17.4 Å². The average molecular weight is 363 g/mol. The highest BCUT2D eigenvalue weighted by Gasteiger charge is 2.49. The molecule has 0 radical (unpaired) electrons. The van der Waals surface area contributed by atoms with Crippen molar-refractivity contribution in [1.29, 1.82) is 0 Å². The van der Waals surface area contributed by atoms with Crippen LogP contribution in [-0.2, 0) is 11.2 Å². The van der Waals surface area contributed by atoms with E-state index in [1.54, 1.807) is 0 Å². The van der Waals surface area contributed by atoms with Gasteiger partial charge >= 0.3 is 6.03 Å². The number of hydrogen-bond donors (Lipinski definition) is 1. The van der Waals surface area contributed by atoms with Gasteiger partial charge in [0.2, 0.25) is 5.91 Å². The van der Waals surface area contributed by atoms with E-state index < -0.39 is 0 Å². The fourth-order valence-corrected chi connectivity index (χ4v) is 4.08. The Morgan fingerprint density at radius 2 is 1.52 bits per heavy atom. The maximum atomic E-state index is 12.5. The van der Waals surface area contributed by atoms with Gasteiger partial charge in [-0.3, -0.25) is 4.79 Å². The number of nitrogens with one attached hydrogen (secondary N) is 1. The lowest BCUT2D eigenvalue weighted by atomic mass is 9.79. The Morgan fingerprint density at radius 3 is 2.22 bits per heavy atom. The first-order chi connectivity index (χ1) is 13.1. The molecule has 0 bridgehead atoms. The van der Waals surface area contributed by atoms with Crippen molar-refractivity contribution in [1.82, 2.24) is 9.80 Å². The molecule has 2 fully saturated rings. The van der Waals surface area contributed by atoms with Crippen LogP contribution in [0.5, 0.6) is 0 Å². The topological polar surface area (TPSA) is 52.7 Å². The number of anilines is 1. The molecule has 27 heavy (non-hydrogen) atoms. The van der Waals surface area contributed by atoms with E-state index in [0.717, 1.165) is 44.7 Å². The number of para-hydroxylation sites is 1. The van der Waals surface area contributed by atoms with Crippen molar-refractivity contribution < 1.29 is 9.59 Å². The summed E-state index contributed by atoms with van der Waals surface area (Å²) in [4.78, 5) is 28.7. The third-order valence-electron chi connectivity index (χ3n) is 5.63. The Balaban J connectivity index is 1.24. The number of nitrogens with zero attached hydrogens (tertiary/aromatic N) is 2. The highest BCUT2D eigenvalue weighted by atomic mass is 16.2. The SMILES string of the molecule is O=C(CCc1ccccc1)N1CC2(CCN(C(=O)Nc3ccccc3)C2)C1. The molecule has 1 N–H and O–H groups in total. The zero-order valence-electron chi connectivity index (χ0n) is 15.4. The quantitative estimate of drug-likeness (QED) is 0.905. The van der Waals surface area contributed by atoms with Crippen LogP contribution in [0.25, 0.3) is 0 Å². The van der Waals surface area contributed by atoms with Gasteiger partial charge in [0.15, 0.2) is 0 Å². The van der Waals surface area contributed by atoms with Crippen LogP contribution >= 0.6 is 0 Å². The second kappa shape index (κ2) is 7.43. The highest BCUT2D eigenvalue weighted by Crippen LogP contribution is 2.40. The van der Waals surface area contributed by atoms with Gasteiger partial charge in [-0.25, -0.2) is 4.79 Å². The number of amides is 3. The summed E-state index contributed by atoms with van der Waals surface area (Å²) in [6.45, 7) is 3.03. The van der Waals surface area contributed by atoms with Crippen molar-refractivity contribution in [3.63, 3.8) is 0 Å². The van der Waals surface area contributed by atoms with Crippen LogP contribution in [0.3, 0.4) is 0 Å². The Bertz CT molecular complexity index is 801. The van der Waals surface area contributed by atoms with Crippen molar-refractivity contribution in [3.05, 3.63) is 66.2 Å². The van der Waals surface area contributed by atoms with E-state index in [2.05, 4.69) is 17.4 Å². The Labute approximate surface area is 160 Å². The second-order valence-electron chi connectivity index (χ2n) is 7.70. The number of carbonyl (C=O) groups is 2. The standard InChI is InChI=1S/C22H25N3O2/c26-20(12-11-18-7-3-1-4-8-18)25-16-22(17-25)13-14-24(15-22)21(27)23-19-9-5-2-6-10-19/h1-10H,11-17H2,(H,23,27). The monoisotopic (exact) mass is 363 g/mol. The predicted molar refractivity (Wildman–Crippen MR) is 105 cm³/mol. The number of urea groups is 1. The van der Waals surface area contributed by atoms with Crippen LogP contribution in [0.4, 0.5) is 10.5 Å². The molecule has 2 saturated heterocycles. The molecule has 0 unspecified atom stereocenters. The lowest BCUT2D eigenvalue weighted by Gasteiger charge is -2.48. The van der Waals surface area contributed by atoms with E-state index in [9.17, 15) is 9.59 Å². The van der Waals surface area contributed by atoms with Crippen molar-refractivity contribution >= 4 is 17.6 Å². The third kappa shape index (κ3) is 3.97. The zero-order valence-corrected chi connectivity index (χ0v) is 15.4. The van der Waals surface area contributed by atoms with Gasteiger partial charge in [-0.05, 0) is 30.5 Å². The van der Waals surface area contributed by atoms with Gasteiger partial charge in [0.1, 0.15) is 0 Å². The lowest BCUT2D eigenvalue weighted by Crippen LogP contribution is -2.59. The molecular formula is C22H25N3O2. The first-order valence-corrected chi connectivity index (χ1v) is 9.56. The molecule has 3 amide bonds. The fourth-order valence-electron chi connectivity index (χ4n) is 4.08. The summed E-state index contributed by atoms with van der Waals surface area (Å²) >= 11 is 0. The fraction of sp³-hybridized carbons (Fsp3) is 0.364. The van der Waals surface area contributed by atoms with Crippen LogP contribution in [0, 0.1) is 5.41 Å². The Hall–Kier alpha value is -2.82. The molecule has 0 aromatic heterocycles. The maximum Gasteiger partial charge on any atom is 0.321 e. The molecule has 0 aliphatic carbocycles. The molecule has 0 atom stereocenters. The summed E-state index contributed by atoms with van der Waals surface area (Å²) in [7, 11) is 0. The number of carbonyl (C=O) groups excluding carboxylic acids is 2. The molecule has 2 aliphatic heterocycles. The van der Waals surface area contributed by atoms with E-state index in [1.165, 1.54) is 5.56 Å². The van der Waals surface area contributed by atoms with E-state index >= 15 is 0 Å². The summed E-state index contributed by atoms with van der Waals surface area (Å²) in [5, 5.41) is 2.95. The van der Waals surface area contributed by atoms with E-state index in [4.69, 9.17) is 0 Å². The van der Waals surface area contributed by atoms with E-state index in [0.29, 0.717) is 6.42 Å². The number of hydrogen-bond acceptors (Lipinski definition) is 2. The summed E-state index contributed by atoms with van der Waals surface area (Å²) in [5.74, 6) is 0.219. The lowest BCUT2D eigenvalue weighted by molar-refractivity contribution is -0.142. The van der Waals surface area contributed by atoms with Gasteiger partial charge < -0.3 is 15.1 Å².